The monoisotopic (exact) mass is 217 g/mol. The molecular formula is C8H9F2N3S. The van der Waals surface area contributed by atoms with Gasteiger partial charge in [0.05, 0.1) is 0 Å². The number of nitrogens with zero attached hydrogens (tertiary/aromatic N) is 1. The third-order valence-corrected chi connectivity index (χ3v) is 2.33. The van der Waals surface area contributed by atoms with E-state index in [9.17, 15) is 8.78 Å². The second kappa shape index (κ2) is 4.92. The van der Waals surface area contributed by atoms with Gasteiger partial charge >= 0.3 is 0 Å². The van der Waals surface area contributed by atoms with Crippen LogP contribution in [0.3, 0.4) is 0 Å². The molecule has 0 aliphatic carbocycles. The lowest BCUT2D eigenvalue weighted by molar-refractivity contribution is 0.551. The van der Waals surface area contributed by atoms with Gasteiger partial charge in [0.2, 0.25) is 0 Å². The van der Waals surface area contributed by atoms with E-state index in [-0.39, 0.29) is 10.8 Å². The number of hydrazine groups is 1. The molecule has 0 saturated carbocycles. The first-order valence-electron chi connectivity index (χ1n) is 3.75. The molecule has 0 bridgehead atoms. The van der Waals surface area contributed by atoms with Gasteiger partial charge in [0.1, 0.15) is 5.03 Å². The highest BCUT2D eigenvalue weighted by Crippen LogP contribution is 2.23. The van der Waals surface area contributed by atoms with Crippen LogP contribution >= 0.6 is 11.8 Å². The van der Waals surface area contributed by atoms with Crippen LogP contribution in [0.25, 0.3) is 0 Å². The number of anilines is 1. The molecule has 0 unspecified atom stereocenters. The summed E-state index contributed by atoms with van der Waals surface area (Å²) in [6.07, 6.45) is 1.60. The summed E-state index contributed by atoms with van der Waals surface area (Å²) in [5.74, 6) is 3.81. The van der Waals surface area contributed by atoms with Crippen molar-refractivity contribution < 1.29 is 8.78 Å². The van der Waals surface area contributed by atoms with Crippen molar-refractivity contribution in [2.45, 2.75) is 5.03 Å². The van der Waals surface area contributed by atoms with Crippen LogP contribution in [0.4, 0.5) is 14.6 Å². The van der Waals surface area contributed by atoms with Crippen LogP contribution in [-0.2, 0) is 0 Å². The lowest BCUT2D eigenvalue weighted by Crippen LogP contribution is -2.11. The molecule has 0 aliphatic rings. The van der Waals surface area contributed by atoms with Gasteiger partial charge in [0.25, 0.3) is 0 Å². The van der Waals surface area contributed by atoms with Crippen molar-refractivity contribution >= 4 is 17.6 Å². The first-order valence-corrected chi connectivity index (χ1v) is 4.74. The zero-order chi connectivity index (χ0) is 10.6. The summed E-state index contributed by atoms with van der Waals surface area (Å²) in [6, 6.07) is 0.744. The van der Waals surface area contributed by atoms with E-state index in [4.69, 9.17) is 5.84 Å². The number of hydrogen-bond acceptors (Lipinski definition) is 4. The molecule has 3 nitrogen and oxygen atoms in total. The summed E-state index contributed by atoms with van der Waals surface area (Å²) in [5.41, 5.74) is 2.05. The summed E-state index contributed by atoms with van der Waals surface area (Å²) in [4.78, 5) is 3.66. The first-order chi connectivity index (χ1) is 6.69. The molecule has 0 saturated heterocycles. The molecule has 76 valence electrons. The Labute approximate surface area is 84.4 Å². The predicted molar refractivity (Wildman–Crippen MR) is 52.9 cm³/mol. The number of aromatic nitrogens is 1. The Bertz CT molecular complexity index is 344. The quantitative estimate of drug-likeness (QED) is 0.350. The summed E-state index contributed by atoms with van der Waals surface area (Å²) in [7, 11) is 0. The predicted octanol–water partition coefficient (Wildman–Crippen LogP) is 1.92. The molecule has 0 spiro atoms. The van der Waals surface area contributed by atoms with Gasteiger partial charge in [-0.1, -0.05) is 17.8 Å². The summed E-state index contributed by atoms with van der Waals surface area (Å²) in [5, 5.41) is 0.0965. The third-order valence-electron chi connectivity index (χ3n) is 1.37. The minimum absolute atomic E-state index is 0.0965. The maximum absolute atomic E-state index is 13.1. The average Bonchev–Trinajstić information content (AvgIpc) is 2.17. The summed E-state index contributed by atoms with van der Waals surface area (Å²) in [6.45, 7) is 3.48. The maximum atomic E-state index is 13.1. The number of nitrogen functional groups attached to an aromatic ring is 1. The number of halogens is 2. The van der Waals surface area contributed by atoms with E-state index in [1.807, 2.05) is 5.43 Å². The fourth-order valence-electron chi connectivity index (χ4n) is 0.790. The van der Waals surface area contributed by atoms with E-state index in [1.54, 1.807) is 6.08 Å². The molecule has 3 N–H and O–H groups in total. The molecular weight excluding hydrogens is 208 g/mol. The second-order valence-corrected chi connectivity index (χ2v) is 3.36. The fourth-order valence-corrected chi connectivity index (χ4v) is 1.42. The number of hydrogen-bond donors (Lipinski definition) is 2. The number of nitrogens with two attached hydrogens (primary N) is 1. The van der Waals surface area contributed by atoms with Gasteiger partial charge in [-0.25, -0.2) is 19.6 Å². The number of rotatable bonds is 4. The Morgan fingerprint density at radius 2 is 2.29 bits per heavy atom. The molecule has 1 heterocycles. The normalized spacial score (nSPS) is 9.93. The highest BCUT2D eigenvalue weighted by molar-refractivity contribution is 7.99. The zero-order valence-electron chi connectivity index (χ0n) is 7.26. The van der Waals surface area contributed by atoms with Crippen LogP contribution in [0.2, 0.25) is 0 Å². The van der Waals surface area contributed by atoms with Crippen molar-refractivity contribution in [3.8, 4) is 0 Å². The lowest BCUT2D eigenvalue weighted by Gasteiger charge is -2.04. The number of pyridine rings is 1. The molecule has 1 aromatic heterocycles. The van der Waals surface area contributed by atoms with E-state index >= 15 is 0 Å². The van der Waals surface area contributed by atoms with Crippen molar-refractivity contribution in [3.63, 3.8) is 0 Å². The van der Waals surface area contributed by atoms with Crippen molar-refractivity contribution in [1.82, 2.24) is 4.98 Å². The Kier molecular flexibility index (Phi) is 3.84. The van der Waals surface area contributed by atoms with E-state index < -0.39 is 11.6 Å². The van der Waals surface area contributed by atoms with Gasteiger partial charge in [-0.15, -0.1) is 6.58 Å². The van der Waals surface area contributed by atoms with Crippen LogP contribution in [0.15, 0.2) is 23.7 Å². The highest BCUT2D eigenvalue weighted by Gasteiger charge is 2.10. The van der Waals surface area contributed by atoms with E-state index in [0.717, 1.165) is 17.8 Å². The van der Waals surface area contributed by atoms with Gasteiger partial charge in [0, 0.05) is 11.8 Å². The molecule has 0 aliphatic heterocycles. The van der Waals surface area contributed by atoms with Crippen molar-refractivity contribution in [1.29, 1.82) is 0 Å². The van der Waals surface area contributed by atoms with E-state index in [1.165, 1.54) is 0 Å². The molecule has 0 radical (unpaired) electrons. The highest BCUT2D eigenvalue weighted by atomic mass is 32.2. The molecule has 0 amide bonds. The summed E-state index contributed by atoms with van der Waals surface area (Å²) >= 11 is 1.12. The van der Waals surface area contributed by atoms with Crippen LogP contribution in [0, 0.1) is 11.6 Å². The Balaban J connectivity index is 2.98. The number of thioether (sulfide) groups is 1. The molecule has 14 heavy (non-hydrogen) atoms. The smallest absolute Gasteiger partial charge is 0.177 e. The Hall–Kier alpha value is -1.14. The van der Waals surface area contributed by atoms with Crippen molar-refractivity contribution in [3.05, 3.63) is 30.4 Å². The zero-order valence-corrected chi connectivity index (χ0v) is 8.07. The topological polar surface area (TPSA) is 50.9 Å². The fraction of sp³-hybridized carbons (Fsp3) is 0.125. The largest absolute Gasteiger partial charge is 0.306 e. The number of nitrogens with one attached hydrogen (secondary N) is 1. The van der Waals surface area contributed by atoms with Gasteiger partial charge in [-0.05, 0) is 0 Å². The minimum atomic E-state index is -0.812. The molecule has 1 rings (SSSR count). The third kappa shape index (κ3) is 2.43. The Morgan fingerprint density at radius 1 is 1.57 bits per heavy atom. The van der Waals surface area contributed by atoms with Gasteiger partial charge in [-0.2, -0.15) is 0 Å². The van der Waals surface area contributed by atoms with Crippen LogP contribution in [0.1, 0.15) is 0 Å². The average molecular weight is 217 g/mol. The standard InChI is InChI=1S/C8H9F2N3S/c1-2-3-14-8-6(10)4-5(9)7(12-8)13-11/h2,4H,1,3,11H2,(H,12,13). The van der Waals surface area contributed by atoms with Gasteiger partial charge < -0.3 is 5.43 Å². The molecule has 1 aromatic rings. The van der Waals surface area contributed by atoms with Gasteiger partial charge in [0.15, 0.2) is 17.5 Å². The maximum Gasteiger partial charge on any atom is 0.177 e. The molecule has 0 fully saturated rings. The Morgan fingerprint density at radius 3 is 2.86 bits per heavy atom. The summed E-state index contributed by atoms with van der Waals surface area (Å²) < 4.78 is 25.9. The second-order valence-electron chi connectivity index (χ2n) is 2.35. The van der Waals surface area contributed by atoms with Crippen molar-refractivity contribution in [2.24, 2.45) is 5.84 Å². The van der Waals surface area contributed by atoms with E-state index in [0.29, 0.717) is 5.75 Å². The van der Waals surface area contributed by atoms with E-state index in [2.05, 4.69) is 11.6 Å². The van der Waals surface area contributed by atoms with Crippen LogP contribution in [-0.4, -0.2) is 10.7 Å². The lowest BCUT2D eigenvalue weighted by atomic mass is 10.4. The first kappa shape index (κ1) is 10.9. The molecule has 6 heteroatoms. The molecule has 0 atom stereocenters. The SMILES string of the molecule is C=CCSc1nc(NN)c(F)cc1F. The molecule has 0 aromatic carbocycles. The van der Waals surface area contributed by atoms with Crippen LogP contribution in [0.5, 0.6) is 0 Å². The van der Waals surface area contributed by atoms with Crippen molar-refractivity contribution in [2.75, 3.05) is 11.2 Å². The van der Waals surface area contributed by atoms with Crippen LogP contribution < -0.4 is 11.3 Å². The van der Waals surface area contributed by atoms with Gasteiger partial charge in [-0.3, -0.25) is 0 Å². The minimum Gasteiger partial charge on any atom is -0.306 e.